The van der Waals surface area contributed by atoms with Gasteiger partial charge in [0.15, 0.2) is 0 Å². The van der Waals surface area contributed by atoms with Crippen LogP contribution in [0.15, 0.2) is 5.38 Å². The van der Waals surface area contributed by atoms with Gasteiger partial charge in [-0.3, -0.25) is 0 Å². The molecule has 0 spiro atoms. The van der Waals surface area contributed by atoms with Crippen LogP contribution in [-0.2, 0) is 11.2 Å². The van der Waals surface area contributed by atoms with E-state index in [1.807, 2.05) is 12.3 Å². The Bertz CT molecular complexity index is 361. The van der Waals surface area contributed by atoms with E-state index < -0.39 is 5.67 Å². The van der Waals surface area contributed by atoms with E-state index >= 15 is 0 Å². The standard InChI is InChI=1S/C12H19FN2OS/c1-9-15-11(8-17-9)6-12(2,13)5-10-7-16-4-3-14-10/h8,10,14H,3-7H2,1-2H3. The van der Waals surface area contributed by atoms with E-state index in [2.05, 4.69) is 10.3 Å². The van der Waals surface area contributed by atoms with Gasteiger partial charge in [0.25, 0.3) is 0 Å². The van der Waals surface area contributed by atoms with Gasteiger partial charge in [0.2, 0.25) is 0 Å². The van der Waals surface area contributed by atoms with Gasteiger partial charge in [0, 0.05) is 24.4 Å². The van der Waals surface area contributed by atoms with Crippen molar-refractivity contribution < 1.29 is 9.13 Å². The van der Waals surface area contributed by atoms with Crippen LogP contribution in [0.4, 0.5) is 4.39 Å². The molecular formula is C12H19FN2OS. The molecule has 0 bridgehead atoms. The van der Waals surface area contributed by atoms with Gasteiger partial charge in [-0.15, -0.1) is 11.3 Å². The molecule has 1 fully saturated rings. The van der Waals surface area contributed by atoms with Crippen molar-refractivity contribution in [3.05, 3.63) is 16.1 Å². The van der Waals surface area contributed by atoms with Gasteiger partial charge in [-0.25, -0.2) is 9.37 Å². The highest BCUT2D eigenvalue weighted by Gasteiger charge is 2.29. The first kappa shape index (κ1) is 12.9. The molecule has 1 N–H and O–H groups in total. The molecular weight excluding hydrogens is 239 g/mol. The van der Waals surface area contributed by atoms with E-state index in [1.165, 1.54) is 0 Å². The lowest BCUT2D eigenvalue weighted by atomic mass is 9.94. The van der Waals surface area contributed by atoms with Crippen molar-refractivity contribution in [2.24, 2.45) is 0 Å². The van der Waals surface area contributed by atoms with Gasteiger partial charge in [0.1, 0.15) is 5.67 Å². The van der Waals surface area contributed by atoms with Gasteiger partial charge < -0.3 is 10.1 Å². The van der Waals surface area contributed by atoms with Crippen LogP contribution in [0.2, 0.25) is 0 Å². The average Bonchev–Trinajstić information content (AvgIpc) is 2.63. The number of nitrogens with one attached hydrogen (secondary N) is 1. The first-order valence-corrected chi connectivity index (χ1v) is 6.84. The van der Waals surface area contributed by atoms with E-state index in [0.717, 1.165) is 23.9 Å². The molecule has 3 nitrogen and oxygen atoms in total. The lowest BCUT2D eigenvalue weighted by Gasteiger charge is -2.29. The number of aromatic nitrogens is 1. The van der Waals surface area contributed by atoms with E-state index in [9.17, 15) is 4.39 Å². The highest BCUT2D eigenvalue weighted by molar-refractivity contribution is 7.09. The fourth-order valence-electron chi connectivity index (χ4n) is 2.20. The Morgan fingerprint density at radius 2 is 2.53 bits per heavy atom. The molecule has 2 unspecified atom stereocenters. The smallest absolute Gasteiger partial charge is 0.115 e. The van der Waals surface area contributed by atoms with Crippen LogP contribution in [0.1, 0.15) is 24.0 Å². The van der Waals surface area contributed by atoms with E-state index in [1.54, 1.807) is 18.3 Å². The van der Waals surface area contributed by atoms with E-state index in [-0.39, 0.29) is 6.04 Å². The molecule has 0 radical (unpaired) electrons. The zero-order valence-electron chi connectivity index (χ0n) is 10.3. The Labute approximate surface area is 105 Å². The maximum absolute atomic E-state index is 14.4. The Morgan fingerprint density at radius 3 is 3.12 bits per heavy atom. The summed E-state index contributed by atoms with van der Waals surface area (Å²) in [5, 5.41) is 6.22. The van der Waals surface area contributed by atoms with E-state index in [0.29, 0.717) is 19.4 Å². The third-order valence-electron chi connectivity index (χ3n) is 2.89. The molecule has 0 saturated carbocycles. The van der Waals surface area contributed by atoms with Gasteiger partial charge in [-0.05, 0) is 20.3 Å². The number of alkyl halides is 1. The maximum atomic E-state index is 14.4. The summed E-state index contributed by atoms with van der Waals surface area (Å²) in [6, 6.07) is 0.124. The van der Waals surface area contributed by atoms with Gasteiger partial charge in [0.05, 0.1) is 23.9 Å². The number of morpholine rings is 1. The lowest BCUT2D eigenvalue weighted by molar-refractivity contribution is 0.0481. The molecule has 2 atom stereocenters. The minimum atomic E-state index is -1.22. The predicted molar refractivity (Wildman–Crippen MR) is 67.3 cm³/mol. The second-order valence-corrected chi connectivity index (χ2v) is 5.94. The molecule has 0 aromatic carbocycles. The zero-order chi connectivity index (χ0) is 12.3. The number of aryl methyl sites for hydroxylation is 1. The van der Waals surface area contributed by atoms with Crippen molar-refractivity contribution in [2.75, 3.05) is 19.8 Å². The molecule has 0 amide bonds. The summed E-state index contributed by atoms with van der Waals surface area (Å²) in [5.41, 5.74) is -0.368. The topological polar surface area (TPSA) is 34.1 Å². The summed E-state index contributed by atoms with van der Waals surface area (Å²) in [6.45, 7) is 5.75. The molecule has 1 aliphatic heterocycles. The predicted octanol–water partition coefficient (Wildman–Crippen LogP) is 2.10. The molecule has 17 heavy (non-hydrogen) atoms. The highest BCUT2D eigenvalue weighted by atomic mass is 32.1. The van der Waals surface area contributed by atoms with Crippen LogP contribution in [0.3, 0.4) is 0 Å². The number of ether oxygens (including phenoxy) is 1. The fourth-order valence-corrected chi connectivity index (χ4v) is 2.82. The third-order valence-corrected chi connectivity index (χ3v) is 3.71. The molecule has 1 aromatic heterocycles. The first-order valence-electron chi connectivity index (χ1n) is 5.96. The number of nitrogens with zero attached hydrogens (tertiary/aromatic N) is 1. The van der Waals surface area contributed by atoms with Crippen LogP contribution in [0.5, 0.6) is 0 Å². The minimum Gasteiger partial charge on any atom is -0.379 e. The lowest BCUT2D eigenvalue weighted by Crippen LogP contribution is -2.45. The number of hydrogen-bond donors (Lipinski definition) is 1. The summed E-state index contributed by atoms with van der Waals surface area (Å²) in [4.78, 5) is 4.32. The minimum absolute atomic E-state index is 0.124. The number of thiazole rings is 1. The van der Waals surface area contributed by atoms with Crippen molar-refractivity contribution in [3.8, 4) is 0 Å². The molecule has 0 aliphatic carbocycles. The first-order chi connectivity index (χ1) is 8.05. The van der Waals surface area contributed by atoms with Crippen LogP contribution in [-0.4, -0.2) is 36.5 Å². The Kier molecular flexibility index (Phi) is 4.12. The normalized spacial score (nSPS) is 24.5. The number of rotatable bonds is 4. The summed E-state index contributed by atoms with van der Waals surface area (Å²) in [6.07, 6.45) is 0.860. The van der Waals surface area contributed by atoms with Crippen LogP contribution in [0.25, 0.3) is 0 Å². The third kappa shape index (κ3) is 4.01. The Hall–Kier alpha value is -0.520. The maximum Gasteiger partial charge on any atom is 0.115 e. The summed E-state index contributed by atoms with van der Waals surface area (Å²) in [7, 11) is 0. The van der Waals surface area contributed by atoms with Crippen molar-refractivity contribution in [1.29, 1.82) is 0 Å². The van der Waals surface area contributed by atoms with Crippen LogP contribution < -0.4 is 5.32 Å². The SMILES string of the molecule is Cc1nc(CC(C)(F)CC2COCCN2)cs1. The zero-order valence-corrected chi connectivity index (χ0v) is 11.1. The molecule has 1 saturated heterocycles. The fraction of sp³-hybridized carbons (Fsp3) is 0.750. The second-order valence-electron chi connectivity index (χ2n) is 4.88. The summed E-state index contributed by atoms with van der Waals surface area (Å²) in [5.74, 6) is 0. The average molecular weight is 258 g/mol. The van der Waals surface area contributed by atoms with E-state index in [4.69, 9.17) is 4.74 Å². The van der Waals surface area contributed by atoms with Gasteiger partial charge in [-0.1, -0.05) is 0 Å². The summed E-state index contributed by atoms with van der Waals surface area (Å²) >= 11 is 1.57. The van der Waals surface area contributed by atoms with Gasteiger partial charge in [-0.2, -0.15) is 0 Å². The molecule has 1 aromatic rings. The monoisotopic (exact) mass is 258 g/mol. The van der Waals surface area contributed by atoms with Crippen LogP contribution in [0, 0.1) is 6.92 Å². The van der Waals surface area contributed by atoms with Crippen molar-refractivity contribution in [1.82, 2.24) is 10.3 Å². The number of hydrogen-bond acceptors (Lipinski definition) is 4. The second kappa shape index (κ2) is 5.42. The molecule has 5 heteroatoms. The molecule has 2 heterocycles. The van der Waals surface area contributed by atoms with Crippen molar-refractivity contribution in [3.63, 3.8) is 0 Å². The largest absolute Gasteiger partial charge is 0.379 e. The van der Waals surface area contributed by atoms with Crippen molar-refractivity contribution in [2.45, 2.75) is 38.4 Å². The number of halogens is 1. The van der Waals surface area contributed by atoms with Crippen LogP contribution >= 0.6 is 11.3 Å². The Balaban J connectivity index is 1.88. The Morgan fingerprint density at radius 1 is 1.71 bits per heavy atom. The molecule has 2 rings (SSSR count). The molecule has 1 aliphatic rings. The highest BCUT2D eigenvalue weighted by Crippen LogP contribution is 2.24. The quantitative estimate of drug-likeness (QED) is 0.898. The summed E-state index contributed by atoms with van der Waals surface area (Å²) < 4.78 is 19.8. The van der Waals surface area contributed by atoms with Gasteiger partial charge >= 0.3 is 0 Å². The van der Waals surface area contributed by atoms with Crippen molar-refractivity contribution >= 4 is 11.3 Å². The molecule has 96 valence electrons.